The molecule has 5 heteroatoms. The monoisotopic (exact) mass is 940 g/mol. The van der Waals surface area contributed by atoms with Crippen LogP contribution in [-0.4, -0.2) is 19.5 Å². The molecule has 5 nitrogen and oxygen atoms in total. The maximum atomic E-state index is 9.76. The third-order valence-corrected chi connectivity index (χ3v) is 18.2. The molecular formula is C67H65N5. The molecule has 358 valence electrons. The second-order valence-electron chi connectivity index (χ2n) is 23.5. The summed E-state index contributed by atoms with van der Waals surface area (Å²) in [6.45, 7) is 9.84. The fourth-order valence-electron chi connectivity index (χ4n) is 15.8. The minimum absolute atomic E-state index is 0.243. The number of rotatable bonds is 8. The lowest BCUT2D eigenvalue weighted by molar-refractivity contribution is 0.0712. The highest BCUT2D eigenvalue weighted by molar-refractivity contribution is 6.09. The zero-order chi connectivity index (χ0) is 48.7. The van der Waals surface area contributed by atoms with Crippen molar-refractivity contribution in [3.8, 4) is 57.0 Å². The Morgan fingerprint density at radius 1 is 0.500 bits per heavy atom. The van der Waals surface area contributed by atoms with Gasteiger partial charge in [0.1, 0.15) is 0 Å². The van der Waals surface area contributed by atoms with Crippen LogP contribution >= 0.6 is 0 Å². The first kappa shape index (κ1) is 45.0. The number of hydrogen-bond acceptors (Lipinski definition) is 4. The molecule has 2 heterocycles. The molecule has 0 saturated heterocycles. The maximum Gasteiger partial charge on any atom is 0.164 e. The fraction of sp³-hybridized carbons (Fsp3) is 0.343. The Morgan fingerprint density at radius 3 is 1.78 bits per heavy atom. The molecule has 8 atom stereocenters. The van der Waals surface area contributed by atoms with Crippen molar-refractivity contribution in [2.45, 2.75) is 109 Å². The topological polar surface area (TPSA) is 67.4 Å². The van der Waals surface area contributed by atoms with Gasteiger partial charge in [-0.2, -0.15) is 5.26 Å². The highest BCUT2D eigenvalue weighted by Crippen LogP contribution is 2.57. The molecule has 4 aliphatic rings. The van der Waals surface area contributed by atoms with Crippen molar-refractivity contribution in [1.82, 2.24) is 19.5 Å². The third-order valence-electron chi connectivity index (χ3n) is 18.2. The first-order chi connectivity index (χ1) is 35.1. The highest BCUT2D eigenvalue weighted by atomic mass is 15.0. The molecule has 0 N–H and O–H groups in total. The minimum atomic E-state index is 0.243. The summed E-state index contributed by atoms with van der Waals surface area (Å²) in [5.41, 5.74) is 12.7. The average Bonchev–Trinajstić information content (AvgIpc) is 3.73. The van der Waals surface area contributed by atoms with Gasteiger partial charge in [-0.3, -0.25) is 0 Å². The predicted molar refractivity (Wildman–Crippen MR) is 296 cm³/mol. The van der Waals surface area contributed by atoms with Crippen LogP contribution < -0.4 is 0 Å². The number of nitrogens with zero attached hydrogens (tertiary/aromatic N) is 5. The van der Waals surface area contributed by atoms with Gasteiger partial charge in [-0.05, 0) is 198 Å². The number of nitriles is 1. The van der Waals surface area contributed by atoms with Gasteiger partial charge in [0, 0.05) is 33.2 Å². The van der Waals surface area contributed by atoms with Gasteiger partial charge in [-0.25, -0.2) is 15.0 Å². The van der Waals surface area contributed by atoms with Gasteiger partial charge >= 0.3 is 0 Å². The largest absolute Gasteiger partial charge is 0.309 e. The molecule has 0 amide bonds. The maximum absolute atomic E-state index is 9.76. The van der Waals surface area contributed by atoms with E-state index in [9.17, 15) is 5.26 Å². The van der Waals surface area contributed by atoms with Gasteiger partial charge in [-0.15, -0.1) is 0 Å². The lowest BCUT2D eigenvalue weighted by Gasteiger charge is -2.51. The Morgan fingerprint density at radius 2 is 1.08 bits per heavy atom. The van der Waals surface area contributed by atoms with Crippen molar-refractivity contribution in [3.05, 3.63) is 168 Å². The van der Waals surface area contributed by atoms with Crippen LogP contribution in [0.1, 0.15) is 115 Å². The Bertz CT molecular complexity index is 3550. The molecule has 0 radical (unpaired) electrons. The molecule has 0 spiro atoms. The Hall–Kier alpha value is -6.90. The van der Waals surface area contributed by atoms with Gasteiger partial charge in [0.15, 0.2) is 17.5 Å². The van der Waals surface area contributed by atoms with Crippen molar-refractivity contribution in [1.29, 1.82) is 5.26 Å². The molecule has 72 heavy (non-hydrogen) atoms. The predicted octanol–water partition coefficient (Wildman–Crippen LogP) is 17.3. The molecule has 4 saturated carbocycles. The fourth-order valence-corrected chi connectivity index (χ4v) is 15.8. The summed E-state index contributed by atoms with van der Waals surface area (Å²) in [4.78, 5) is 16.0. The van der Waals surface area contributed by atoms with Crippen molar-refractivity contribution in [3.63, 3.8) is 0 Å². The van der Waals surface area contributed by atoms with Crippen LogP contribution in [0.25, 0.3) is 83.6 Å². The van der Waals surface area contributed by atoms with Crippen LogP contribution in [0.15, 0.2) is 152 Å². The number of fused-ring (bicyclic) bond motifs is 8. The summed E-state index contributed by atoms with van der Waals surface area (Å²) in [5, 5.41) is 14.7. The SMILES string of the molecule is CC[C@@H]1C[C@@H]2C[C@H](C)CC(c3ccc(-c4cccc(-c5nc(-c6ccc(-n7c8ccccc8c8cc(C#N)ccc87)cc6)nc(-c6ccc(C78CC(C[C@@H](C)C7)C[C@H](C)C8)cc6)n5)c4)c4ccccc34)(C1)C2. The van der Waals surface area contributed by atoms with Crippen molar-refractivity contribution in [2.75, 3.05) is 0 Å². The number of hydrogen-bond donors (Lipinski definition) is 0. The van der Waals surface area contributed by atoms with Gasteiger partial charge in [0.05, 0.1) is 22.7 Å². The van der Waals surface area contributed by atoms with Crippen LogP contribution in [0.2, 0.25) is 0 Å². The Balaban J connectivity index is 0.909. The minimum Gasteiger partial charge on any atom is -0.309 e. The van der Waals surface area contributed by atoms with Crippen LogP contribution in [0.5, 0.6) is 0 Å². The van der Waals surface area contributed by atoms with Crippen molar-refractivity contribution in [2.24, 2.45) is 35.5 Å². The molecule has 2 aromatic heterocycles. The molecule has 7 aromatic carbocycles. The number of aromatic nitrogens is 4. The third kappa shape index (κ3) is 7.76. The van der Waals surface area contributed by atoms with Crippen molar-refractivity contribution < 1.29 is 0 Å². The summed E-state index contributed by atoms with van der Waals surface area (Å²) in [7, 11) is 0. The van der Waals surface area contributed by atoms with E-state index in [0.717, 1.165) is 79.7 Å². The Labute approximate surface area is 425 Å². The summed E-state index contributed by atoms with van der Waals surface area (Å²) >= 11 is 0. The van der Waals surface area contributed by atoms with Gasteiger partial charge in [0.2, 0.25) is 0 Å². The standard InChI is InChI=1S/C67H65N5/c1-5-45-32-48-31-44(4)37-67(38-45,40-48)60-27-26-55(56-13-6-7-14-57(56)60)51-11-10-12-52(34-51)65-70-63(49-18-22-53(23-19-49)66-35-42(2)29-47(39-66)30-43(3)36-66)69-64(71-65)50-20-24-54(25-21-50)72-61-16-9-8-15-58(61)59-33-46(41-68)17-28-62(59)72/h6-28,33-34,42-45,47-48H,5,29-32,35-40H2,1-4H3/t42-,43+,44-,45+,47?,48-,66?,67?/m0/s1. The van der Waals surface area contributed by atoms with E-state index in [2.05, 4.69) is 178 Å². The normalized spacial score (nSPS) is 25.9. The first-order valence-corrected chi connectivity index (χ1v) is 27.2. The van der Waals surface area contributed by atoms with Crippen LogP contribution in [0.3, 0.4) is 0 Å². The molecule has 4 aliphatic carbocycles. The first-order valence-electron chi connectivity index (χ1n) is 27.2. The zero-order valence-corrected chi connectivity index (χ0v) is 42.4. The molecular weight excluding hydrogens is 875 g/mol. The quantitative estimate of drug-likeness (QED) is 0.152. The van der Waals surface area contributed by atoms with Crippen molar-refractivity contribution >= 4 is 32.6 Å². The lowest BCUT2D eigenvalue weighted by atomic mass is 9.53. The number of benzene rings is 7. The zero-order valence-electron chi connectivity index (χ0n) is 42.4. The van der Waals surface area contributed by atoms with E-state index >= 15 is 0 Å². The second kappa shape index (κ2) is 17.7. The molecule has 13 rings (SSSR count). The highest BCUT2D eigenvalue weighted by Gasteiger charge is 2.47. The van der Waals surface area contributed by atoms with E-state index in [1.54, 1.807) is 5.56 Å². The summed E-state index contributed by atoms with van der Waals surface area (Å²) < 4.78 is 2.29. The van der Waals surface area contributed by atoms with E-state index in [0.29, 0.717) is 23.0 Å². The van der Waals surface area contributed by atoms with Gasteiger partial charge in [0.25, 0.3) is 0 Å². The molecule has 3 unspecified atom stereocenters. The smallest absolute Gasteiger partial charge is 0.164 e. The molecule has 9 aromatic rings. The number of para-hydroxylation sites is 1. The molecule has 4 bridgehead atoms. The van der Waals surface area contributed by atoms with E-state index in [4.69, 9.17) is 15.0 Å². The van der Waals surface area contributed by atoms with Gasteiger partial charge in [-0.1, -0.05) is 131 Å². The van der Waals surface area contributed by atoms with E-state index in [-0.39, 0.29) is 10.8 Å². The lowest BCUT2D eigenvalue weighted by Crippen LogP contribution is -2.42. The van der Waals surface area contributed by atoms with Crippen LogP contribution in [-0.2, 0) is 10.8 Å². The summed E-state index contributed by atoms with van der Waals surface area (Å²) in [6.07, 6.45) is 14.6. The average molecular weight is 940 g/mol. The Kier molecular flexibility index (Phi) is 11.1. The second-order valence-corrected chi connectivity index (χ2v) is 23.5. The van der Waals surface area contributed by atoms with E-state index in [1.165, 1.54) is 98.1 Å². The summed E-state index contributed by atoms with van der Waals surface area (Å²) in [6, 6.07) is 57.7. The van der Waals surface area contributed by atoms with Gasteiger partial charge < -0.3 is 4.57 Å². The van der Waals surface area contributed by atoms with Crippen LogP contribution in [0, 0.1) is 46.8 Å². The summed E-state index contributed by atoms with van der Waals surface area (Å²) in [5.74, 6) is 6.72. The van der Waals surface area contributed by atoms with E-state index in [1.807, 2.05) is 12.1 Å². The van der Waals surface area contributed by atoms with E-state index < -0.39 is 0 Å². The van der Waals surface area contributed by atoms with Crippen LogP contribution in [0.4, 0.5) is 0 Å². The molecule has 4 fully saturated rings. The molecule has 0 aliphatic heterocycles.